The summed E-state index contributed by atoms with van der Waals surface area (Å²) >= 11 is 0. The molecule has 2 heteroatoms. The second-order valence-electron chi connectivity index (χ2n) is 6.33. The van der Waals surface area contributed by atoms with Crippen LogP contribution in [0.1, 0.15) is 58.3 Å². The summed E-state index contributed by atoms with van der Waals surface area (Å²) in [4.78, 5) is 0. The quantitative estimate of drug-likeness (QED) is 0.794. The molecule has 0 aromatic carbocycles. The van der Waals surface area contributed by atoms with Crippen molar-refractivity contribution in [1.29, 1.82) is 0 Å². The van der Waals surface area contributed by atoms with Gasteiger partial charge in [-0.15, -0.1) is 0 Å². The van der Waals surface area contributed by atoms with Crippen LogP contribution in [0.4, 0.5) is 0 Å². The van der Waals surface area contributed by atoms with E-state index in [1.807, 2.05) is 7.11 Å². The molecule has 2 rings (SSSR count). The Hall–Kier alpha value is -0.0800. The Balaban J connectivity index is 1.97. The van der Waals surface area contributed by atoms with Crippen molar-refractivity contribution in [3.63, 3.8) is 0 Å². The molecule has 1 unspecified atom stereocenters. The third-order valence-electron chi connectivity index (χ3n) is 5.30. The molecule has 2 nitrogen and oxygen atoms in total. The molecule has 2 fully saturated rings. The van der Waals surface area contributed by atoms with Crippen LogP contribution in [0.3, 0.4) is 0 Å². The lowest BCUT2D eigenvalue weighted by Gasteiger charge is -2.46. The van der Waals surface area contributed by atoms with E-state index in [9.17, 15) is 0 Å². The fourth-order valence-corrected chi connectivity index (χ4v) is 3.60. The number of rotatable bonds is 5. The average molecular weight is 239 g/mol. The van der Waals surface area contributed by atoms with Crippen molar-refractivity contribution in [2.24, 2.45) is 11.8 Å². The summed E-state index contributed by atoms with van der Waals surface area (Å²) in [5, 5.41) is 3.55. The topological polar surface area (TPSA) is 21.3 Å². The number of methoxy groups -OCH3 is 1. The first kappa shape index (κ1) is 13.4. The Morgan fingerprint density at radius 2 is 1.88 bits per heavy atom. The van der Waals surface area contributed by atoms with Gasteiger partial charge >= 0.3 is 0 Å². The number of ether oxygens (including phenoxy) is 1. The molecule has 0 aliphatic heterocycles. The van der Waals surface area contributed by atoms with Crippen LogP contribution in [0.2, 0.25) is 0 Å². The van der Waals surface area contributed by atoms with Gasteiger partial charge in [0.1, 0.15) is 0 Å². The molecule has 0 heterocycles. The SMILES string of the molecule is CNC(CC1CCC1)C1(OC)CCC(C)CC1. The largest absolute Gasteiger partial charge is 0.377 e. The second kappa shape index (κ2) is 5.71. The highest BCUT2D eigenvalue weighted by atomic mass is 16.5. The predicted octanol–water partition coefficient (Wildman–Crippen LogP) is 3.36. The van der Waals surface area contributed by atoms with E-state index in [0.29, 0.717) is 6.04 Å². The van der Waals surface area contributed by atoms with Crippen molar-refractivity contribution < 1.29 is 4.74 Å². The van der Waals surface area contributed by atoms with Gasteiger partial charge in [-0.3, -0.25) is 0 Å². The Morgan fingerprint density at radius 3 is 2.29 bits per heavy atom. The van der Waals surface area contributed by atoms with Crippen LogP contribution in [-0.2, 0) is 4.74 Å². The lowest BCUT2D eigenvalue weighted by Crippen LogP contribution is -2.53. The highest BCUT2D eigenvalue weighted by molar-refractivity contribution is 4.97. The molecule has 17 heavy (non-hydrogen) atoms. The van der Waals surface area contributed by atoms with Gasteiger partial charge in [-0.2, -0.15) is 0 Å². The van der Waals surface area contributed by atoms with Crippen molar-refractivity contribution in [1.82, 2.24) is 5.32 Å². The van der Waals surface area contributed by atoms with Gasteiger partial charge < -0.3 is 10.1 Å². The van der Waals surface area contributed by atoms with E-state index in [-0.39, 0.29) is 5.60 Å². The average Bonchev–Trinajstić information content (AvgIpc) is 2.30. The van der Waals surface area contributed by atoms with Gasteiger partial charge in [0.2, 0.25) is 0 Å². The highest BCUT2D eigenvalue weighted by Crippen LogP contribution is 2.41. The Bertz CT molecular complexity index is 229. The summed E-state index contributed by atoms with van der Waals surface area (Å²) in [6.45, 7) is 2.37. The van der Waals surface area contributed by atoms with E-state index in [4.69, 9.17) is 4.74 Å². The summed E-state index contributed by atoms with van der Waals surface area (Å²) in [5.41, 5.74) is 0.122. The van der Waals surface area contributed by atoms with E-state index in [0.717, 1.165) is 11.8 Å². The van der Waals surface area contributed by atoms with Crippen LogP contribution in [-0.4, -0.2) is 25.8 Å². The van der Waals surface area contributed by atoms with Gasteiger partial charge in [-0.25, -0.2) is 0 Å². The molecule has 0 radical (unpaired) electrons. The van der Waals surface area contributed by atoms with Gasteiger partial charge in [0.25, 0.3) is 0 Å². The van der Waals surface area contributed by atoms with Gasteiger partial charge in [0.05, 0.1) is 5.60 Å². The van der Waals surface area contributed by atoms with Crippen LogP contribution >= 0.6 is 0 Å². The molecule has 0 aromatic rings. The first-order valence-electron chi connectivity index (χ1n) is 7.42. The zero-order chi connectivity index (χ0) is 12.3. The molecule has 0 bridgehead atoms. The van der Waals surface area contributed by atoms with E-state index < -0.39 is 0 Å². The van der Waals surface area contributed by atoms with Gasteiger partial charge in [-0.05, 0) is 51.0 Å². The van der Waals surface area contributed by atoms with Crippen LogP contribution in [0.25, 0.3) is 0 Å². The first-order valence-corrected chi connectivity index (χ1v) is 7.42. The van der Waals surface area contributed by atoms with Crippen LogP contribution in [0.5, 0.6) is 0 Å². The van der Waals surface area contributed by atoms with Gasteiger partial charge in [0, 0.05) is 13.2 Å². The fourth-order valence-electron chi connectivity index (χ4n) is 3.60. The normalized spacial score (nSPS) is 36.5. The molecule has 0 amide bonds. The molecule has 2 aliphatic rings. The molecule has 0 spiro atoms. The molecule has 1 N–H and O–H groups in total. The lowest BCUT2D eigenvalue weighted by molar-refractivity contribution is -0.0800. The maximum Gasteiger partial charge on any atom is 0.0831 e. The maximum absolute atomic E-state index is 5.99. The van der Waals surface area contributed by atoms with Crippen molar-refractivity contribution >= 4 is 0 Å². The number of likely N-dealkylation sites (N-methyl/N-ethyl adjacent to an activating group) is 1. The smallest absolute Gasteiger partial charge is 0.0831 e. The summed E-state index contributed by atoms with van der Waals surface area (Å²) < 4.78 is 5.99. The van der Waals surface area contributed by atoms with Crippen LogP contribution in [0.15, 0.2) is 0 Å². The summed E-state index contributed by atoms with van der Waals surface area (Å²) in [7, 11) is 4.03. The monoisotopic (exact) mass is 239 g/mol. The zero-order valence-corrected chi connectivity index (χ0v) is 11.8. The predicted molar refractivity (Wildman–Crippen MR) is 72.2 cm³/mol. The molecule has 2 saturated carbocycles. The minimum Gasteiger partial charge on any atom is -0.377 e. The minimum atomic E-state index is 0.122. The summed E-state index contributed by atoms with van der Waals surface area (Å²) in [6, 6.07) is 0.560. The van der Waals surface area contributed by atoms with E-state index >= 15 is 0 Å². The molecular formula is C15H29NO. The van der Waals surface area contributed by atoms with E-state index in [1.54, 1.807) is 0 Å². The zero-order valence-electron chi connectivity index (χ0n) is 11.8. The van der Waals surface area contributed by atoms with Gasteiger partial charge in [-0.1, -0.05) is 26.2 Å². The third-order valence-corrected chi connectivity index (χ3v) is 5.30. The number of nitrogens with one attached hydrogen (secondary N) is 1. The van der Waals surface area contributed by atoms with Crippen LogP contribution < -0.4 is 5.32 Å². The lowest BCUT2D eigenvalue weighted by atomic mass is 9.70. The fraction of sp³-hybridized carbons (Fsp3) is 1.00. The van der Waals surface area contributed by atoms with Gasteiger partial charge in [0.15, 0.2) is 0 Å². The first-order chi connectivity index (χ1) is 8.20. The van der Waals surface area contributed by atoms with Crippen molar-refractivity contribution in [3.05, 3.63) is 0 Å². The number of hydrogen-bond donors (Lipinski definition) is 1. The molecular weight excluding hydrogens is 210 g/mol. The summed E-state index contributed by atoms with van der Waals surface area (Å²) in [6.07, 6.45) is 10.8. The van der Waals surface area contributed by atoms with Crippen molar-refractivity contribution in [2.75, 3.05) is 14.2 Å². The number of hydrogen-bond acceptors (Lipinski definition) is 2. The summed E-state index contributed by atoms with van der Waals surface area (Å²) in [5.74, 6) is 1.85. The van der Waals surface area contributed by atoms with Crippen molar-refractivity contribution in [3.8, 4) is 0 Å². The van der Waals surface area contributed by atoms with Crippen LogP contribution in [0, 0.1) is 11.8 Å². The molecule has 0 aromatic heterocycles. The standard InChI is InChI=1S/C15H29NO/c1-12-7-9-15(17-3,10-8-12)14(16-2)11-13-5-4-6-13/h12-14,16H,4-11H2,1-3H3. The molecule has 1 atom stereocenters. The highest BCUT2D eigenvalue weighted by Gasteiger charge is 2.42. The van der Waals surface area contributed by atoms with E-state index in [2.05, 4.69) is 19.3 Å². The Labute approximate surface area is 107 Å². The Morgan fingerprint density at radius 1 is 1.24 bits per heavy atom. The minimum absolute atomic E-state index is 0.122. The van der Waals surface area contributed by atoms with Crippen molar-refractivity contribution in [2.45, 2.75) is 69.9 Å². The third kappa shape index (κ3) is 2.85. The maximum atomic E-state index is 5.99. The van der Waals surface area contributed by atoms with E-state index in [1.165, 1.54) is 51.4 Å². The molecule has 0 saturated heterocycles. The second-order valence-corrected chi connectivity index (χ2v) is 6.33. The molecule has 100 valence electrons. The molecule has 2 aliphatic carbocycles. The Kier molecular flexibility index (Phi) is 4.48.